The van der Waals surface area contributed by atoms with Gasteiger partial charge in [-0.1, -0.05) is 50.1 Å². The number of benzene rings is 2. The van der Waals surface area contributed by atoms with Gasteiger partial charge in [0.15, 0.2) is 0 Å². The summed E-state index contributed by atoms with van der Waals surface area (Å²) in [6, 6.07) is 12.4. The van der Waals surface area contributed by atoms with Crippen LogP contribution in [0.5, 0.6) is 0 Å². The third kappa shape index (κ3) is 6.38. The molecule has 0 heterocycles. The number of rotatable bonds is 10. The summed E-state index contributed by atoms with van der Waals surface area (Å²) in [6.45, 7) is 3.91. The van der Waals surface area contributed by atoms with Crippen molar-refractivity contribution in [2.24, 2.45) is 5.92 Å². The molecule has 2 aromatic rings. The van der Waals surface area contributed by atoms with Crippen molar-refractivity contribution in [1.82, 2.24) is 9.62 Å². The molecular formula is C22H25N3O5S. The Balaban J connectivity index is 2.46. The molecule has 1 N–H and O–H groups in total. The second-order valence-electron chi connectivity index (χ2n) is 7.35. The minimum absolute atomic E-state index is 0.124. The number of hydrogen-bond acceptors (Lipinski definition) is 5. The number of nitrogens with one attached hydrogen (secondary N) is 1. The predicted octanol–water partition coefficient (Wildman–Crippen LogP) is 2.60. The van der Waals surface area contributed by atoms with Gasteiger partial charge >= 0.3 is 0 Å². The molecule has 1 amide bonds. The van der Waals surface area contributed by atoms with Crippen molar-refractivity contribution in [2.45, 2.75) is 31.2 Å². The fourth-order valence-electron chi connectivity index (χ4n) is 2.91. The Hall–Kier alpha value is -3.22. The lowest BCUT2D eigenvalue weighted by molar-refractivity contribution is -0.384. The minimum Gasteiger partial charge on any atom is -0.354 e. The van der Waals surface area contributed by atoms with Crippen LogP contribution in [0.1, 0.15) is 19.4 Å². The molecule has 9 heteroatoms. The van der Waals surface area contributed by atoms with E-state index in [1.807, 2.05) is 19.9 Å². The normalized spacial score (nSPS) is 12.4. The number of hydrogen-bond donors (Lipinski definition) is 1. The summed E-state index contributed by atoms with van der Waals surface area (Å²) < 4.78 is 27.7. The zero-order valence-corrected chi connectivity index (χ0v) is 18.2. The number of nitrogens with zero attached hydrogens (tertiary/aromatic N) is 2. The summed E-state index contributed by atoms with van der Waals surface area (Å²) in [6.07, 6.45) is 5.57. The molecule has 0 spiro atoms. The molecule has 0 radical (unpaired) electrons. The molecule has 2 aromatic carbocycles. The van der Waals surface area contributed by atoms with E-state index in [0.29, 0.717) is 6.54 Å². The highest BCUT2D eigenvalue weighted by Gasteiger charge is 2.35. The molecule has 0 fully saturated rings. The monoisotopic (exact) mass is 443 g/mol. The molecule has 0 saturated carbocycles. The van der Waals surface area contributed by atoms with Gasteiger partial charge in [-0.15, -0.1) is 6.42 Å². The van der Waals surface area contributed by atoms with Crippen molar-refractivity contribution >= 4 is 21.6 Å². The van der Waals surface area contributed by atoms with Crippen LogP contribution in [0, 0.1) is 28.4 Å². The fraction of sp³-hybridized carbons (Fsp3) is 0.318. The average Bonchev–Trinajstić information content (AvgIpc) is 2.75. The van der Waals surface area contributed by atoms with Gasteiger partial charge in [-0.25, -0.2) is 8.42 Å². The molecule has 0 saturated heterocycles. The average molecular weight is 444 g/mol. The summed E-state index contributed by atoms with van der Waals surface area (Å²) >= 11 is 0. The summed E-state index contributed by atoms with van der Waals surface area (Å²) in [7, 11) is -4.20. The quantitative estimate of drug-likeness (QED) is 0.345. The molecule has 31 heavy (non-hydrogen) atoms. The summed E-state index contributed by atoms with van der Waals surface area (Å²) in [4.78, 5) is 23.1. The van der Waals surface area contributed by atoms with Crippen molar-refractivity contribution in [3.63, 3.8) is 0 Å². The van der Waals surface area contributed by atoms with Gasteiger partial charge in [0, 0.05) is 18.7 Å². The summed E-state index contributed by atoms with van der Waals surface area (Å²) in [5, 5.41) is 13.7. The predicted molar refractivity (Wildman–Crippen MR) is 118 cm³/mol. The molecule has 164 valence electrons. The number of non-ortho nitro benzene ring substituents is 1. The highest BCUT2D eigenvalue weighted by Crippen LogP contribution is 2.23. The first-order chi connectivity index (χ1) is 14.7. The van der Waals surface area contributed by atoms with Crippen molar-refractivity contribution in [3.05, 3.63) is 70.3 Å². The largest absolute Gasteiger partial charge is 0.354 e. The Morgan fingerprint density at radius 2 is 1.77 bits per heavy atom. The van der Waals surface area contributed by atoms with Crippen LogP contribution in [-0.2, 0) is 21.2 Å². The van der Waals surface area contributed by atoms with Gasteiger partial charge in [0.1, 0.15) is 6.04 Å². The first-order valence-corrected chi connectivity index (χ1v) is 11.1. The van der Waals surface area contributed by atoms with Crippen molar-refractivity contribution < 1.29 is 18.1 Å². The van der Waals surface area contributed by atoms with Crippen molar-refractivity contribution in [2.75, 3.05) is 13.1 Å². The maximum absolute atomic E-state index is 13.4. The smallest absolute Gasteiger partial charge is 0.269 e. The van der Waals surface area contributed by atoms with Crippen LogP contribution in [0.4, 0.5) is 5.69 Å². The van der Waals surface area contributed by atoms with E-state index in [9.17, 15) is 23.3 Å². The molecule has 8 nitrogen and oxygen atoms in total. The first-order valence-electron chi connectivity index (χ1n) is 9.68. The van der Waals surface area contributed by atoms with Crippen molar-refractivity contribution in [3.8, 4) is 12.3 Å². The van der Waals surface area contributed by atoms with E-state index in [-0.39, 0.29) is 29.5 Å². The van der Waals surface area contributed by atoms with Crippen LogP contribution in [0.2, 0.25) is 0 Å². The zero-order valence-electron chi connectivity index (χ0n) is 17.4. The third-order valence-corrected chi connectivity index (χ3v) is 6.38. The van der Waals surface area contributed by atoms with Gasteiger partial charge < -0.3 is 5.32 Å². The number of terminal acetylenes is 1. The SMILES string of the molecule is C#CCN([C@@H](Cc1ccccc1)C(=O)NCC(C)C)S(=O)(=O)c1ccc([N+](=O)[O-])cc1. The number of carbonyl (C=O) groups is 1. The van der Waals surface area contributed by atoms with E-state index >= 15 is 0 Å². The molecule has 0 aliphatic heterocycles. The lowest BCUT2D eigenvalue weighted by Gasteiger charge is -2.29. The highest BCUT2D eigenvalue weighted by atomic mass is 32.2. The van der Waals surface area contributed by atoms with Crippen LogP contribution in [0.25, 0.3) is 0 Å². The topological polar surface area (TPSA) is 110 Å². The van der Waals surface area contributed by atoms with Gasteiger partial charge in [-0.2, -0.15) is 4.31 Å². The van der Waals surface area contributed by atoms with Gasteiger partial charge in [0.25, 0.3) is 5.69 Å². The number of nitro groups is 1. The van der Waals surface area contributed by atoms with Crippen LogP contribution in [0.3, 0.4) is 0 Å². The van der Waals surface area contributed by atoms with Crippen molar-refractivity contribution in [1.29, 1.82) is 0 Å². The van der Waals surface area contributed by atoms with E-state index in [1.54, 1.807) is 24.3 Å². The van der Waals surface area contributed by atoms with Gasteiger partial charge in [-0.05, 0) is 30.0 Å². The number of sulfonamides is 1. The Labute approximate surface area is 182 Å². The van der Waals surface area contributed by atoms with E-state index in [1.165, 1.54) is 0 Å². The third-order valence-electron chi connectivity index (χ3n) is 4.51. The Bertz CT molecular complexity index is 1040. The number of amides is 1. The molecule has 1 atom stereocenters. The van der Waals surface area contributed by atoms with Crippen LogP contribution >= 0.6 is 0 Å². The van der Waals surface area contributed by atoms with E-state index in [4.69, 9.17) is 6.42 Å². The Kier molecular flexibility index (Phi) is 8.30. The molecule has 0 unspecified atom stereocenters. The van der Waals surface area contributed by atoms with Gasteiger partial charge in [0.2, 0.25) is 15.9 Å². The minimum atomic E-state index is -4.20. The van der Waals surface area contributed by atoms with Gasteiger partial charge in [0.05, 0.1) is 16.4 Å². The van der Waals surface area contributed by atoms with Gasteiger partial charge in [-0.3, -0.25) is 14.9 Å². The summed E-state index contributed by atoms with van der Waals surface area (Å²) in [5.74, 6) is 2.03. The maximum Gasteiger partial charge on any atom is 0.269 e. The lowest BCUT2D eigenvalue weighted by atomic mass is 10.0. The lowest BCUT2D eigenvalue weighted by Crippen LogP contribution is -2.51. The number of carbonyl (C=O) groups excluding carboxylic acids is 1. The van der Waals surface area contributed by atoms with Crippen LogP contribution in [-0.4, -0.2) is 42.7 Å². The number of nitro benzene ring substituents is 1. The standard InChI is InChI=1S/C22H25N3O5S/c1-4-14-24(31(29,30)20-12-10-19(11-13-20)25(27)28)21(22(26)23-16-17(2)3)15-18-8-6-5-7-9-18/h1,5-13,17,21H,14-16H2,2-3H3,(H,23,26)/t21-/m0/s1. The fourth-order valence-corrected chi connectivity index (χ4v) is 4.41. The highest BCUT2D eigenvalue weighted by molar-refractivity contribution is 7.89. The molecule has 0 bridgehead atoms. The maximum atomic E-state index is 13.4. The summed E-state index contributed by atoms with van der Waals surface area (Å²) in [5.41, 5.74) is 0.533. The molecule has 0 aromatic heterocycles. The molecule has 2 rings (SSSR count). The van der Waals surface area contributed by atoms with Crippen LogP contribution in [0.15, 0.2) is 59.5 Å². The Morgan fingerprint density at radius 3 is 2.29 bits per heavy atom. The first kappa shape index (κ1) is 24.1. The van der Waals surface area contributed by atoms with E-state index in [0.717, 1.165) is 34.1 Å². The van der Waals surface area contributed by atoms with Crippen LogP contribution < -0.4 is 5.32 Å². The molecule has 0 aliphatic rings. The molecule has 0 aliphatic carbocycles. The molecular weight excluding hydrogens is 418 g/mol. The van der Waals surface area contributed by atoms with E-state index < -0.39 is 26.9 Å². The van der Waals surface area contributed by atoms with E-state index in [2.05, 4.69) is 11.2 Å². The Morgan fingerprint density at radius 1 is 1.16 bits per heavy atom. The zero-order chi connectivity index (χ0) is 23.0. The second-order valence-corrected chi connectivity index (χ2v) is 9.24. The second kappa shape index (κ2) is 10.7.